The normalized spacial score (nSPS) is 12.2. The molecular formula is C13H18O3S. The number of aryl methyl sites for hydroxylation is 1. The zero-order valence-corrected chi connectivity index (χ0v) is 11.0. The van der Waals surface area contributed by atoms with Crippen LogP contribution in [-0.4, -0.2) is 29.5 Å². The number of carbonyl (C=O) groups excluding carboxylic acids is 1. The maximum Gasteiger partial charge on any atom is 0.319 e. The molecule has 0 aliphatic heterocycles. The van der Waals surface area contributed by atoms with Gasteiger partial charge in [-0.05, 0) is 25.5 Å². The quantitative estimate of drug-likeness (QED) is 0.625. The molecule has 0 aliphatic rings. The standard InChI is InChI=1S/C13H18O3S/c1-3-12(13(15)16-9-8-14)17-11-6-4-10(2)5-7-11/h4-7,12,14H,3,8-9H2,1-2H3. The highest BCUT2D eigenvalue weighted by Crippen LogP contribution is 2.26. The number of carbonyl (C=O) groups is 1. The van der Waals surface area contributed by atoms with Gasteiger partial charge in [-0.3, -0.25) is 4.79 Å². The summed E-state index contributed by atoms with van der Waals surface area (Å²) in [5.74, 6) is -0.257. The molecule has 0 radical (unpaired) electrons. The molecule has 1 rings (SSSR count). The molecule has 0 aromatic heterocycles. The average Bonchev–Trinajstić information content (AvgIpc) is 2.35. The molecule has 1 atom stereocenters. The summed E-state index contributed by atoms with van der Waals surface area (Å²) >= 11 is 1.50. The van der Waals surface area contributed by atoms with E-state index < -0.39 is 0 Å². The summed E-state index contributed by atoms with van der Waals surface area (Å²) in [5, 5.41) is 8.40. The van der Waals surface area contributed by atoms with E-state index in [1.165, 1.54) is 17.3 Å². The molecule has 0 spiro atoms. The van der Waals surface area contributed by atoms with Gasteiger partial charge in [-0.1, -0.05) is 24.6 Å². The molecular weight excluding hydrogens is 236 g/mol. The summed E-state index contributed by atoms with van der Waals surface area (Å²) in [6, 6.07) is 8.05. The largest absolute Gasteiger partial charge is 0.462 e. The van der Waals surface area contributed by atoms with Crippen LogP contribution in [0.1, 0.15) is 18.9 Å². The molecule has 0 saturated carbocycles. The van der Waals surface area contributed by atoms with E-state index in [1.54, 1.807) is 0 Å². The maximum atomic E-state index is 11.7. The molecule has 0 aliphatic carbocycles. The first-order valence-corrected chi connectivity index (χ1v) is 6.56. The Balaban J connectivity index is 2.57. The van der Waals surface area contributed by atoms with Gasteiger partial charge in [0, 0.05) is 4.90 Å². The van der Waals surface area contributed by atoms with Crippen molar-refractivity contribution in [3.63, 3.8) is 0 Å². The number of aliphatic hydroxyl groups is 1. The van der Waals surface area contributed by atoms with Crippen molar-refractivity contribution in [2.24, 2.45) is 0 Å². The lowest BCUT2D eigenvalue weighted by Gasteiger charge is -2.13. The first-order valence-electron chi connectivity index (χ1n) is 5.68. The molecule has 0 saturated heterocycles. The lowest BCUT2D eigenvalue weighted by Crippen LogP contribution is -2.20. The molecule has 0 amide bonds. The highest BCUT2D eigenvalue weighted by molar-refractivity contribution is 8.00. The summed E-state index contributed by atoms with van der Waals surface area (Å²) < 4.78 is 4.93. The molecule has 17 heavy (non-hydrogen) atoms. The van der Waals surface area contributed by atoms with Gasteiger partial charge in [0.1, 0.15) is 11.9 Å². The Morgan fingerprint density at radius 3 is 2.59 bits per heavy atom. The van der Waals surface area contributed by atoms with E-state index >= 15 is 0 Å². The van der Waals surface area contributed by atoms with Crippen molar-refractivity contribution in [1.29, 1.82) is 0 Å². The number of ether oxygens (including phenoxy) is 1. The summed E-state index contributed by atoms with van der Waals surface area (Å²) in [4.78, 5) is 12.7. The van der Waals surface area contributed by atoms with Crippen LogP contribution >= 0.6 is 11.8 Å². The van der Waals surface area contributed by atoms with Crippen LogP contribution in [0, 0.1) is 6.92 Å². The number of thioether (sulfide) groups is 1. The van der Waals surface area contributed by atoms with E-state index in [4.69, 9.17) is 9.84 Å². The van der Waals surface area contributed by atoms with Crippen LogP contribution in [0.5, 0.6) is 0 Å². The van der Waals surface area contributed by atoms with Gasteiger partial charge in [-0.2, -0.15) is 0 Å². The minimum absolute atomic E-state index is 0.0732. The van der Waals surface area contributed by atoms with Crippen LogP contribution in [-0.2, 0) is 9.53 Å². The Bertz CT molecular complexity index is 348. The number of rotatable bonds is 6. The highest BCUT2D eigenvalue weighted by atomic mass is 32.2. The van der Waals surface area contributed by atoms with Crippen LogP contribution in [0.4, 0.5) is 0 Å². The van der Waals surface area contributed by atoms with Crippen molar-refractivity contribution in [1.82, 2.24) is 0 Å². The third kappa shape index (κ3) is 4.79. The fourth-order valence-electron chi connectivity index (χ4n) is 1.32. The van der Waals surface area contributed by atoms with Gasteiger partial charge < -0.3 is 9.84 Å². The van der Waals surface area contributed by atoms with E-state index in [9.17, 15) is 4.79 Å². The zero-order chi connectivity index (χ0) is 12.7. The van der Waals surface area contributed by atoms with Gasteiger partial charge in [0.2, 0.25) is 0 Å². The van der Waals surface area contributed by atoms with Crippen molar-refractivity contribution in [2.45, 2.75) is 30.4 Å². The second-order valence-corrected chi connectivity index (χ2v) is 5.00. The van der Waals surface area contributed by atoms with Gasteiger partial charge in [0.15, 0.2) is 0 Å². The molecule has 0 heterocycles. The van der Waals surface area contributed by atoms with Crippen LogP contribution in [0.15, 0.2) is 29.2 Å². The fraction of sp³-hybridized carbons (Fsp3) is 0.462. The minimum atomic E-state index is -0.257. The number of benzene rings is 1. The van der Waals surface area contributed by atoms with Gasteiger partial charge in [0.05, 0.1) is 6.61 Å². The van der Waals surface area contributed by atoms with Crippen molar-refractivity contribution < 1.29 is 14.6 Å². The molecule has 1 unspecified atom stereocenters. The van der Waals surface area contributed by atoms with E-state index in [2.05, 4.69) is 0 Å². The summed E-state index contributed by atoms with van der Waals surface area (Å²) in [7, 11) is 0. The minimum Gasteiger partial charge on any atom is -0.462 e. The molecule has 1 aromatic carbocycles. The topological polar surface area (TPSA) is 46.5 Å². The predicted molar refractivity (Wildman–Crippen MR) is 69.2 cm³/mol. The Labute approximate surface area is 106 Å². The zero-order valence-electron chi connectivity index (χ0n) is 10.2. The number of aliphatic hydroxyl groups excluding tert-OH is 1. The molecule has 0 fully saturated rings. The molecule has 4 heteroatoms. The van der Waals surface area contributed by atoms with Crippen molar-refractivity contribution in [3.05, 3.63) is 29.8 Å². The Hall–Kier alpha value is -1.00. The predicted octanol–water partition coefficient (Wildman–Crippen LogP) is 2.40. The van der Waals surface area contributed by atoms with E-state index in [-0.39, 0.29) is 24.4 Å². The maximum absolute atomic E-state index is 11.7. The SMILES string of the molecule is CCC(Sc1ccc(C)cc1)C(=O)OCCO. The number of esters is 1. The fourth-order valence-corrected chi connectivity index (χ4v) is 2.27. The molecule has 1 N–H and O–H groups in total. The Morgan fingerprint density at radius 2 is 2.06 bits per heavy atom. The summed E-state index contributed by atoms with van der Waals surface area (Å²) in [5.41, 5.74) is 1.20. The van der Waals surface area contributed by atoms with Gasteiger partial charge in [0.25, 0.3) is 0 Å². The summed E-state index contributed by atoms with van der Waals surface area (Å²) in [6.07, 6.45) is 0.711. The number of hydrogen-bond acceptors (Lipinski definition) is 4. The Kier molecular flexibility index (Phi) is 6.08. The number of hydrogen-bond donors (Lipinski definition) is 1. The lowest BCUT2D eigenvalue weighted by atomic mass is 10.2. The average molecular weight is 254 g/mol. The monoisotopic (exact) mass is 254 g/mol. The van der Waals surface area contributed by atoms with E-state index in [1.807, 2.05) is 38.1 Å². The van der Waals surface area contributed by atoms with Gasteiger partial charge >= 0.3 is 5.97 Å². The molecule has 0 bridgehead atoms. The smallest absolute Gasteiger partial charge is 0.319 e. The van der Waals surface area contributed by atoms with Crippen molar-refractivity contribution >= 4 is 17.7 Å². The third-order valence-electron chi connectivity index (χ3n) is 2.27. The lowest BCUT2D eigenvalue weighted by molar-refractivity contribution is -0.144. The first-order chi connectivity index (χ1) is 8.17. The molecule has 94 valence electrons. The van der Waals surface area contributed by atoms with Crippen molar-refractivity contribution in [2.75, 3.05) is 13.2 Å². The summed E-state index contributed by atoms with van der Waals surface area (Å²) in [6.45, 7) is 3.93. The van der Waals surface area contributed by atoms with Crippen LogP contribution in [0.2, 0.25) is 0 Å². The van der Waals surface area contributed by atoms with E-state index in [0.29, 0.717) is 6.42 Å². The van der Waals surface area contributed by atoms with E-state index in [0.717, 1.165) is 4.90 Å². The van der Waals surface area contributed by atoms with Crippen LogP contribution in [0.3, 0.4) is 0 Å². The first kappa shape index (κ1) is 14.1. The Morgan fingerprint density at radius 1 is 1.41 bits per heavy atom. The van der Waals surface area contributed by atoms with Gasteiger partial charge in [-0.15, -0.1) is 11.8 Å². The molecule has 3 nitrogen and oxygen atoms in total. The highest BCUT2D eigenvalue weighted by Gasteiger charge is 2.19. The second-order valence-electron chi connectivity index (χ2n) is 3.72. The van der Waals surface area contributed by atoms with Crippen molar-refractivity contribution in [3.8, 4) is 0 Å². The van der Waals surface area contributed by atoms with Crippen LogP contribution in [0.25, 0.3) is 0 Å². The second kappa shape index (κ2) is 7.35. The van der Waals surface area contributed by atoms with Gasteiger partial charge in [-0.25, -0.2) is 0 Å². The third-order valence-corrected chi connectivity index (χ3v) is 3.62. The molecule has 1 aromatic rings. The van der Waals surface area contributed by atoms with Crippen LogP contribution < -0.4 is 0 Å².